The van der Waals surface area contributed by atoms with Crippen LogP contribution in [-0.4, -0.2) is 37.4 Å². The van der Waals surface area contributed by atoms with Gasteiger partial charge in [0.1, 0.15) is 25.3 Å². The fraction of sp³-hybridized carbons (Fsp3) is 0.632. The van der Waals surface area contributed by atoms with E-state index in [4.69, 9.17) is 18.9 Å². The number of Topliss-reactive ketones (excluding diaryl/α,β-unsaturated/α-hetero) is 1. The van der Waals surface area contributed by atoms with Gasteiger partial charge in [0.05, 0.1) is 19.3 Å². The third-order valence-electron chi connectivity index (χ3n) is 11.9. The zero-order chi connectivity index (χ0) is 31.4. The molecule has 2 aromatic rings. The van der Waals surface area contributed by atoms with Crippen LogP contribution in [0.25, 0.3) is 0 Å². The molecule has 8 atom stereocenters. The minimum absolute atomic E-state index is 0.117. The number of rotatable bonds is 12. The highest BCUT2D eigenvalue weighted by Crippen LogP contribution is 2.69. The lowest BCUT2D eigenvalue weighted by atomic mass is 9.43. The van der Waals surface area contributed by atoms with E-state index in [0.29, 0.717) is 37.8 Å². The SMILES string of the molecule is CC[C@@H]1CC[C@@]23CCC(=O)C2[C@]1(C)[C@H](OC(=O)COCc1ccccc1)C[C@@](C)(CC)[C@@H](OCOCc1ccccc1)[C@@H]3C. The van der Waals surface area contributed by atoms with Crippen LogP contribution in [0.5, 0.6) is 0 Å². The first-order chi connectivity index (χ1) is 21.2. The quantitative estimate of drug-likeness (QED) is 0.139. The molecule has 2 bridgehead atoms. The largest absolute Gasteiger partial charge is 0.460 e. The first-order valence-corrected chi connectivity index (χ1v) is 16.7. The molecule has 5 rings (SSSR count). The number of esters is 1. The Labute approximate surface area is 264 Å². The predicted molar refractivity (Wildman–Crippen MR) is 170 cm³/mol. The number of hydrogen-bond donors (Lipinski definition) is 0. The summed E-state index contributed by atoms with van der Waals surface area (Å²) in [6.07, 6.45) is 5.38. The minimum Gasteiger partial charge on any atom is -0.460 e. The normalized spacial score (nSPS) is 35.0. The van der Waals surface area contributed by atoms with E-state index in [1.54, 1.807) is 0 Å². The van der Waals surface area contributed by atoms with Gasteiger partial charge in [-0.1, -0.05) is 102 Å². The highest BCUT2D eigenvalue weighted by atomic mass is 16.7. The molecule has 0 saturated heterocycles. The first kappa shape index (κ1) is 32.8. The van der Waals surface area contributed by atoms with E-state index >= 15 is 0 Å². The number of ether oxygens (including phenoxy) is 4. The number of carbonyl (C=O) groups excluding carboxylic acids is 2. The molecule has 6 nitrogen and oxygen atoms in total. The summed E-state index contributed by atoms with van der Waals surface area (Å²) in [5.74, 6) is 0.264. The van der Waals surface area contributed by atoms with Crippen molar-refractivity contribution in [2.45, 2.75) is 105 Å². The lowest BCUT2D eigenvalue weighted by Gasteiger charge is -2.63. The maximum atomic E-state index is 14.0. The van der Waals surface area contributed by atoms with E-state index in [2.05, 4.69) is 46.8 Å². The van der Waals surface area contributed by atoms with Gasteiger partial charge in [-0.3, -0.25) is 4.79 Å². The van der Waals surface area contributed by atoms with E-state index in [-0.39, 0.29) is 48.1 Å². The van der Waals surface area contributed by atoms with Crippen LogP contribution in [0.15, 0.2) is 60.7 Å². The van der Waals surface area contributed by atoms with Crippen molar-refractivity contribution in [2.24, 2.45) is 34.0 Å². The van der Waals surface area contributed by atoms with E-state index < -0.39 is 11.5 Å². The fourth-order valence-electron chi connectivity index (χ4n) is 9.40. The van der Waals surface area contributed by atoms with Gasteiger partial charge in [-0.05, 0) is 65.9 Å². The second-order valence-corrected chi connectivity index (χ2v) is 14.1. The molecule has 3 fully saturated rings. The van der Waals surface area contributed by atoms with Crippen LogP contribution in [0.2, 0.25) is 0 Å². The smallest absolute Gasteiger partial charge is 0.332 e. The highest BCUT2D eigenvalue weighted by molar-refractivity contribution is 5.85. The van der Waals surface area contributed by atoms with Gasteiger partial charge in [0.15, 0.2) is 0 Å². The summed E-state index contributed by atoms with van der Waals surface area (Å²) in [5, 5.41) is 0. The van der Waals surface area contributed by atoms with Gasteiger partial charge in [-0.2, -0.15) is 0 Å². The molecule has 240 valence electrons. The number of benzene rings is 2. The van der Waals surface area contributed by atoms with E-state index in [1.165, 1.54) is 0 Å². The molecular formula is C38H52O6. The zero-order valence-corrected chi connectivity index (χ0v) is 27.4. The summed E-state index contributed by atoms with van der Waals surface area (Å²) in [5.41, 5.74) is 1.20. The van der Waals surface area contributed by atoms with Crippen LogP contribution in [-0.2, 0) is 41.8 Å². The second kappa shape index (κ2) is 13.8. The van der Waals surface area contributed by atoms with Crippen molar-refractivity contribution in [1.82, 2.24) is 0 Å². The Balaban J connectivity index is 1.42. The van der Waals surface area contributed by atoms with Crippen LogP contribution in [0.3, 0.4) is 0 Å². The third kappa shape index (κ3) is 6.27. The Kier molecular flexibility index (Phi) is 10.3. The molecule has 3 aliphatic carbocycles. The topological polar surface area (TPSA) is 71.1 Å². The van der Waals surface area contributed by atoms with Gasteiger partial charge in [-0.25, -0.2) is 4.79 Å². The molecule has 44 heavy (non-hydrogen) atoms. The Bertz CT molecular complexity index is 1250. The molecule has 0 spiro atoms. The van der Waals surface area contributed by atoms with Crippen LogP contribution >= 0.6 is 0 Å². The minimum atomic E-state index is -0.449. The summed E-state index contributed by atoms with van der Waals surface area (Å²) < 4.78 is 25.1. The maximum absolute atomic E-state index is 14.0. The van der Waals surface area contributed by atoms with Crippen molar-refractivity contribution in [2.75, 3.05) is 13.4 Å². The third-order valence-corrected chi connectivity index (χ3v) is 11.9. The Morgan fingerprint density at radius 2 is 1.55 bits per heavy atom. The van der Waals surface area contributed by atoms with Crippen LogP contribution in [0, 0.1) is 34.0 Å². The second-order valence-electron chi connectivity index (χ2n) is 14.1. The Morgan fingerprint density at radius 1 is 0.909 bits per heavy atom. The molecule has 0 heterocycles. The van der Waals surface area contributed by atoms with Crippen molar-refractivity contribution >= 4 is 11.8 Å². The van der Waals surface area contributed by atoms with Gasteiger partial charge in [0.25, 0.3) is 0 Å². The molecule has 0 aliphatic heterocycles. The molecule has 0 aromatic heterocycles. The van der Waals surface area contributed by atoms with E-state index in [0.717, 1.165) is 43.2 Å². The highest BCUT2D eigenvalue weighted by Gasteiger charge is 2.69. The number of ketones is 1. The van der Waals surface area contributed by atoms with Gasteiger partial charge in [0, 0.05) is 17.8 Å². The van der Waals surface area contributed by atoms with Gasteiger partial charge < -0.3 is 18.9 Å². The average Bonchev–Trinajstić information content (AvgIpc) is 3.39. The fourth-order valence-corrected chi connectivity index (χ4v) is 9.40. The van der Waals surface area contributed by atoms with Gasteiger partial charge in [-0.15, -0.1) is 0 Å². The summed E-state index contributed by atoms with van der Waals surface area (Å²) >= 11 is 0. The molecule has 6 heteroatoms. The van der Waals surface area contributed by atoms with Gasteiger partial charge in [0.2, 0.25) is 0 Å². The van der Waals surface area contributed by atoms with E-state index in [1.807, 2.05) is 48.5 Å². The Morgan fingerprint density at radius 3 is 2.16 bits per heavy atom. The van der Waals surface area contributed by atoms with Crippen molar-refractivity contribution in [3.05, 3.63) is 71.8 Å². The molecule has 3 saturated carbocycles. The molecule has 0 amide bonds. The molecule has 0 N–H and O–H groups in total. The summed E-state index contributed by atoms with van der Waals surface area (Å²) in [6, 6.07) is 20.0. The van der Waals surface area contributed by atoms with Crippen molar-refractivity contribution in [3.8, 4) is 0 Å². The summed E-state index contributed by atoms with van der Waals surface area (Å²) in [4.78, 5) is 27.5. The standard InChI is InChI=1S/C38H52O6/c1-6-30-18-20-38-21-19-31(39)34(38)37(30,5)32(44-33(40)25-41-23-28-14-10-8-11-15-28)22-36(4,7-2)35(27(38)3)43-26-42-24-29-16-12-9-13-17-29/h8-17,27,30,32,34-35H,6-7,18-26H2,1-5H3/t27-,30+,32+,34?,35-,36+,37-,38-/m0/s1. The maximum Gasteiger partial charge on any atom is 0.332 e. The predicted octanol–water partition coefficient (Wildman–Crippen LogP) is 7.92. The average molecular weight is 605 g/mol. The van der Waals surface area contributed by atoms with Crippen molar-refractivity contribution < 1.29 is 28.5 Å². The molecular weight excluding hydrogens is 552 g/mol. The van der Waals surface area contributed by atoms with Crippen LogP contribution < -0.4 is 0 Å². The Hall–Kier alpha value is -2.54. The monoisotopic (exact) mass is 604 g/mol. The zero-order valence-electron chi connectivity index (χ0n) is 27.4. The van der Waals surface area contributed by atoms with Gasteiger partial charge >= 0.3 is 5.97 Å². The molecule has 2 aromatic carbocycles. The van der Waals surface area contributed by atoms with Crippen molar-refractivity contribution in [1.29, 1.82) is 0 Å². The number of hydrogen-bond acceptors (Lipinski definition) is 6. The van der Waals surface area contributed by atoms with Crippen LogP contribution in [0.4, 0.5) is 0 Å². The van der Waals surface area contributed by atoms with Crippen LogP contribution in [0.1, 0.15) is 90.7 Å². The lowest BCUT2D eigenvalue weighted by molar-refractivity contribution is -0.236. The molecule has 0 radical (unpaired) electrons. The van der Waals surface area contributed by atoms with E-state index in [9.17, 15) is 9.59 Å². The first-order valence-electron chi connectivity index (χ1n) is 16.7. The summed E-state index contributed by atoms with van der Waals surface area (Å²) in [6.45, 7) is 12.2. The lowest BCUT2D eigenvalue weighted by Crippen LogP contribution is -2.64. The van der Waals surface area contributed by atoms with Crippen molar-refractivity contribution in [3.63, 3.8) is 0 Å². The molecule has 3 aliphatic rings. The number of carbonyl (C=O) groups is 2. The molecule has 1 unspecified atom stereocenters. The summed E-state index contributed by atoms with van der Waals surface area (Å²) in [7, 11) is 0.